The maximum Gasteiger partial charge on any atom is 0.340 e. The summed E-state index contributed by atoms with van der Waals surface area (Å²) in [5.74, 6) is -0.334. The van der Waals surface area contributed by atoms with Gasteiger partial charge in [-0.15, -0.1) is 0 Å². The van der Waals surface area contributed by atoms with E-state index in [1.54, 1.807) is 6.92 Å². The van der Waals surface area contributed by atoms with Crippen LogP contribution in [-0.2, 0) is 4.74 Å². The molecule has 0 amide bonds. The van der Waals surface area contributed by atoms with E-state index in [0.717, 1.165) is 22.0 Å². The zero-order valence-corrected chi connectivity index (χ0v) is 12.7. The van der Waals surface area contributed by atoms with Crippen LogP contribution in [-0.4, -0.2) is 17.6 Å². The lowest BCUT2D eigenvalue weighted by atomic mass is 9.99. The molecular formula is C19H17NO2. The lowest BCUT2D eigenvalue weighted by Crippen LogP contribution is -2.08. The Morgan fingerprint density at radius 1 is 1.09 bits per heavy atom. The summed E-state index contributed by atoms with van der Waals surface area (Å²) in [7, 11) is 0. The maximum atomic E-state index is 12.3. The Balaban J connectivity index is 2.28. The zero-order chi connectivity index (χ0) is 15.5. The van der Waals surface area contributed by atoms with E-state index >= 15 is 0 Å². The number of carbonyl (C=O) groups excluding carboxylic acids is 1. The number of esters is 1. The van der Waals surface area contributed by atoms with E-state index in [9.17, 15) is 4.79 Å². The van der Waals surface area contributed by atoms with Crippen molar-refractivity contribution in [1.29, 1.82) is 0 Å². The van der Waals surface area contributed by atoms with E-state index in [4.69, 9.17) is 9.72 Å². The quantitative estimate of drug-likeness (QED) is 0.672. The van der Waals surface area contributed by atoms with Crippen LogP contribution in [0.15, 0.2) is 54.6 Å². The SMILES string of the molecule is CCOC(=O)c1cc2ccccc2nc1-c1ccccc1C. The summed E-state index contributed by atoms with van der Waals surface area (Å²) in [5.41, 5.74) is 4.09. The molecule has 0 spiro atoms. The van der Waals surface area contributed by atoms with E-state index in [0.29, 0.717) is 17.9 Å². The number of benzene rings is 2. The van der Waals surface area contributed by atoms with Crippen molar-refractivity contribution in [1.82, 2.24) is 4.98 Å². The normalized spacial score (nSPS) is 10.6. The van der Waals surface area contributed by atoms with Crippen molar-refractivity contribution in [3.63, 3.8) is 0 Å². The molecule has 0 N–H and O–H groups in total. The Kier molecular flexibility index (Phi) is 3.88. The number of aryl methyl sites for hydroxylation is 1. The molecule has 0 atom stereocenters. The average Bonchev–Trinajstić information content (AvgIpc) is 2.54. The van der Waals surface area contributed by atoms with Gasteiger partial charge >= 0.3 is 5.97 Å². The molecule has 0 saturated heterocycles. The zero-order valence-electron chi connectivity index (χ0n) is 12.7. The van der Waals surface area contributed by atoms with Crippen LogP contribution >= 0.6 is 0 Å². The number of pyridine rings is 1. The molecule has 1 heterocycles. The third kappa shape index (κ3) is 2.58. The molecule has 3 aromatic rings. The fourth-order valence-corrected chi connectivity index (χ4v) is 2.52. The van der Waals surface area contributed by atoms with Gasteiger partial charge < -0.3 is 4.74 Å². The molecule has 2 aromatic carbocycles. The van der Waals surface area contributed by atoms with Crippen LogP contribution in [0.1, 0.15) is 22.8 Å². The standard InChI is InChI=1S/C19H17NO2/c1-3-22-19(21)16-12-14-9-5-7-11-17(14)20-18(16)15-10-6-4-8-13(15)2/h4-12H,3H2,1-2H3. The predicted molar refractivity (Wildman–Crippen MR) is 87.9 cm³/mol. The number of hydrogen-bond acceptors (Lipinski definition) is 3. The number of aromatic nitrogens is 1. The van der Waals surface area contributed by atoms with Crippen LogP contribution in [0, 0.1) is 6.92 Å². The number of fused-ring (bicyclic) bond motifs is 1. The molecule has 3 rings (SSSR count). The monoisotopic (exact) mass is 291 g/mol. The van der Waals surface area contributed by atoms with Crippen molar-refractivity contribution in [2.75, 3.05) is 6.61 Å². The molecule has 0 fully saturated rings. The highest BCUT2D eigenvalue weighted by Crippen LogP contribution is 2.28. The Labute approximate surface area is 129 Å². The first-order chi connectivity index (χ1) is 10.7. The Bertz CT molecular complexity index is 840. The maximum absolute atomic E-state index is 12.3. The van der Waals surface area contributed by atoms with E-state index in [-0.39, 0.29) is 5.97 Å². The summed E-state index contributed by atoms with van der Waals surface area (Å²) in [6.45, 7) is 4.17. The van der Waals surface area contributed by atoms with E-state index in [2.05, 4.69) is 0 Å². The minimum atomic E-state index is -0.334. The van der Waals surface area contributed by atoms with Gasteiger partial charge in [-0.3, -0.25) is 0 Å². The summed E-state index contributed by atoms with van der Waals surface area (Å²) in [4.78, 5) is 17.0. The minimum absolute atomic E-state index is 0.334. The summed E-state index contributed by atoms with van der Waals surface area (Å²) < 4.78 is 5.20. The van der Waals surface area contributed by atoms with Gasteiger partial charge in [-0.25, -0.2) is 9.78 Å². The highest BCUT2D eigenvalue weighted by atomic mass is 16.5. The van der Waals surface area contributed by atoms with Crippen LogP contribution in [0.25, 0.3) is 22.2 Å². The predicted octanol–water partition coefficient (Wildman–Crippen LogP) is 4.39. The van der Waals surface area contributed by atoms with Gasteiger partial charge in [0.25, 0.3) is 0 Å². The number of ether oxygens (including phenoxy) is 1. The van der Waals surface area contributed by atoms with Crippen molar-refractivity contribution in [3.8, 4) is 11.3 Å². The molecule has 0 bridgehead atoms. The van der Waals surface area contributed by atoms with Gasteiger partial charge in [0.2, 0.25) is 0 Å². The first kappa shape index (κ1) is 14.3. The molecule has 22 heavy (non-hydrogen) atoms. The topological polar surface area (TPSA) is 39.2 Å². The second-order valence-electron chi connectivity index (χ2n) is 5.11. The lowest BCUT2D eigenvalue weighted by molar-refractivity contribution is 0.0527. The number of carbonyl (C=O) groups is 1. The summed E-state index contributed by atoms with van der Waals surface area (Å²) in [6, 6.07) is 17.6. The Morgan fingerprint density at radius 3 is 2.59 bits per heavy atom. The molecular weight excluding hydrogens is 274 g/mol. The number of hydrogen-bond donors (Lipinski definition) is 0. The van der Waals surface area contributed by atoms with Crippen LogP contribution in [0.3, 0.4) is 0 Å². The van der Waals surface area contributed by atoms with Gasteiger partial charge in [0.15, 0.2) is 0 Å². The molecule has 3 nitrogen and oxygen atoms in total. The largest absolute Gasteiger partial charge is 0.462 e. The second kappa shape index (κ2) is 5.98. The molecule has 3 heteroatoms. The molecule has 0 aliphatic rings. The van der Waals surface area contributed by atoms with Gasteiger partial charge in [-0.05, 0) is 31.5 Å². The van der Waals surface area contributed by atoms with Gasteiger partial charge in [0.1, 0.15) is 0 Å². The van der Waals surface area contributed by atoms with Gasteiger partial charge in [0.05, 0.1) is 23.4 Å². The lowest BCUT2D eigenvalue weighted by Gasteiger charge is -2.12. The van der Waals surface area contributed by atoms with Crippen molar-refractivity contribution in [3.05, 3.63) is 65.7 Å². The second-order valence-corrected chi connectivity index (χ2v) is 5.11. The van der Waals surface area contributed by atoms with Gasteiger partial charge in [-0.2, -0.15) is 0 Å². The van der Waals surface area contributed by atoms with Crippen molar-refractivity contribution in [2.24, 2.45) is 0 Å². The van der Waals surface area contributed by atoms with Crippen LogP contribution < -0.4 is 0 Å². The van der Waals surface area contributed by atoms with Crippen LogP contribution in [0.4, 0.5) is 0 Å². The molecule has 0 radical (unpaired) electrons. The number of nitrogens with zero attached hydrogens (tertiary/aromatic N) is 1. The first-order valence-electron chi connectivity index (χ1n) is 7.33. The highest BCUT2D eigenvalue weighted by Gasteiger charge is 2.17. The molecule has 0 aliphatic carbocycles. The summed E-state index contributed by atoms with van der Waals surface area (Å²) in [6.07, 6.45) is 0. The summed E-state index contributed by atoms with van der Waals surface area (Å²) >= 11 is 0. The van der Waals surface area contributed by atoms with E-state index < -0.39 is 0 Å². The average molecular weight is 291 g/mol. The molecule has 0 aliphatic heterocycles. The van der Waals surface area contributed by atoms with Crippen molar-refractivity contribution >= 4 is 16.9 Å². The number of rotatable bonds is 3. The molecule has 110 valence electrons. The molecule has 0 unspecified atom stereocenters. The highest BCUT2D eigenvalue weighted by molar-refractivity contribution is 6.00. The molecule has 0 saturated carbocycles. The van der Waals surface area contributed by atoms with Gasteiger partial charge in [-0.1, -0.05) is 42.5 Å². The van der Waals surface area contributed by atoms with Crippen molar-refractivity contribution in [2.45, 2.75) is 13.8 Å². The fourth-order valence-electron chi connectivity index (χ4n) is 2.52. The van der Waals surface area contributed by atoms with E-state index in [1.807, 2.05) is 61.5 Å². The third-order valence-corrected chi connectivity index (χ3v) is 3.62. The van der Waals surface area contributed by atoms with Crippen molar-refractivity contribution < 1.29 is 9.53 Å². The van der Waals surface area contributed by atoms with Crippen LogP contribution in [0.5, 0.6) is 0 Å². The van der Waals surface area contributed by atoms with Crippen LogP contribution in [0.2, 0.25) is 0 Å². The summed E-state index contributed by atoms with van der Waals surface area (Å²) in [5, 5.41) is 0.933. The Hall–Kier alpha value is -2.68. The third-order valence-electron chi connectivity index (χ3n) is 3.62. The molecule has 1 aromatic heterocycles. The fraction of sp³-hybridized carbons (Fsp3) is 0.158. The number of para-hydroxylation sites is 1. The van der Waals surface area contributed by atoms with E-state index in [1.165, 1.54) is 0 Å². The Morgan fingerprint density at radius 2 is 1.82 bits per heavy atom. The smallest absolute Gasteiger partial charge is 0.340 e. The van der Waals surface area contributed by atoms with Gasteiger partial charge in [0, 0.05) is 10.9 Å². The minimum Gasteiger partial charge on any atom is -0.462 e. The first-order valence-corrected chi connectivity index (χ1v) is 7.33.